The minimum atomic E-state index is -0.385. The van der Waals surface area contributed by atoms with Crippen LogP contribution in [-0.4, -0.2) is 9.97 Å². The van der Waals surface area contributed by atoms with Crippen LogP contribution in [0.3, 0.4) is 0 Å². The lowest BCUT2D eigenvalue weighted by Gasteiger charge is -2.03. The van der Waals surface area contributed by atoms with Crippen molar-refractivity contribution < 1.29 is 4.42 Å². The number of para-hydroxylation sites is 1. The summed E-state index contributed by atoms with van der Waals surface area (Å²) in [5.74, 6) is 0.278. The molecule has 2 heterocycles. The molecule has 2 aromatic heterocycles. The lowest BCUT2D eigenvalue weighted by atomic mass is 10.1. The van der Waals surface area contributed by atoms with Crippen molar-refractivity contribution in [1.29, 1.82) is 0 Å². The van der Waals surface area contributed by atoms with Crippen molar-refractivity contribution >= 4 is 26.8 Å². The van der Waals surface area contributed by atoms with E-state index in [1.807, 2.05) is 25.1 Å². The van der Waals surface area contributed by atoms with Crippen LogP contribution in [0.1, 0.15) is 5.56 Å². The highest BCUT2D eigenvalue weighted by molar-refractivity contribution is 9.10. The van der Waals surface area contributed by atoms with Crippen molar-refractivity contribution in [1.82, 2.24) is 9.97 Å². The average Bonchev–Trinajstić information content (AvgIpc) is 2.40. The molecule has 5 heteroatoms. The number of benzene rings is 1. The average molecular weight is 317 g/mol. The SMILES string of the molecule is Cc1cccc2c(=O)oc(-c3cncc(Br)c3)nc12. The summed E-state index contributed by atoms with van der Waals surface area (Å²) in [4.78, 5) is 20.4. The van der Waals surface area contributed by atoms with Gasteiger partial charge in [0, 0.05) is 16.9 Å². The minimum Gasteiger partial charge on any atom is -0.403 e. The summed E-state index contributed by atoms with van der Waals surface area (Å²) in [6.45, 7) is 1.91. The largest absolute Gasteiger partial charge is 0.403 e. The first-order valence-electron chi connectivity index (χ1n) is 5.66. The van der Waals surface area contributed by atoms with E-state index < -0.39 is 0 Å². The molecule has 0 radical (unpaired) electrons. The summed E-state index contributed by atoms with van der Waals surface area (Å²) in [5, 5.41) is 0.492. The Bertz CT molecular complexity index is 827. The van der Waals surface area contributed by atoms with Crippen LogP contribution in [-0.2, 0) is 0 Å². The highest BCUT2D eigenvalue weighted by Crippen LogP contribution is 2.22. The Balaban J connectivity index is 2.32. The van der Waals surface area contributed by atoms with Crippen LogP contribution in [0.2, 0.25) is 0 Å². The molecule has 0 N–H and O–H groups in total. The molecular weight excluding hydrogens is 308 g/mol. The number of halogens is 1. The van der Waals surface area contributed by atoms with Gasteiger partial charge in [0.1, 0.15) is 0 Å². The van der Waals surface area contributed by atoms with Crippen LogP contribution in [0.25, 0.3) is 22.4 Å². The molecular formula is C14H9BrN2O2. The van der Waals surface area contributed by atoms with Crippen LogP contribution < -0.4 is 5.63 Å². The van der Waals surface area contributed by atoms with Crippen molar-refractivity contribution in [3.8, 4) is 11.5 Å². The standard InChI is InChI=1S/C14H9BrN2O2/c1-8-3-2-4-11-12(8)17-13(19-14(11)18)9-5-10(15)7-16-6-9/h2-7H,1H3. The molecule has 0 aliphatic rings. The molecule has 0 atom stereocenters. The fraction of sp³-hybridized carbons (Fsp3) is 0.0714. The number of aryl methyl sites for hydroxylation is 1. The fourth-order valence-corrected chi connectivity index (χ4v) is 2.26. The Morgan fingerprint density at radius 1 is 1.26 bits per heavy atom. The lowest BCUT2D eigenvalue weighted by molar-refractivity contribution is 0.518. The highest BCUT2D eigenvalue weighted by atomic mass is 79.9. The van der Waals surface area contributed by atoms with E-state index in [0.29, 0.717) is 16.5 Å². The molecule has 4 nitrogen and oxygen atoms in total. The van der Waals surface area contributed by atoms with Crippen LogP contribution in [0.4, 0.5) is 0 Å². The lowest BCUT2D eigenvalue weighted by Crippen LogP contribution is -2.04. The maximum absolute atomic E-state index is 12.0. The molecule has 94 valence electrons. The van der Waals surface area contributed by atoms with Crippen LogP contribution >= 0.6 is 15.9 Å². The zero-order chi connectivity index (χ0) is 13.4. The summed E-state index contributed by atoms with van der Waals surface area (Å²) in [7, 11) is 0. The summed E-state index contributed by atoms with van der Waals surface area (Å²) in [6, 6.07) is 7.25. The van der Waals surface area contributed by atoms with Crippen LogP contribution in [0, 0.1) is 6.92 Å². The second kappa shape index (κ2) is 4.59. The molecule has 0 bridgehead atoms. The quantitative estimate of drug-likeness (QED) is 0.691. The third-order valence-electron chi connectivity index (χ3n) is 2.81. The highest BCUT2D eigenvalue weighted by Gasteiger charge is 2.10. The molecule has 0 unspecified atom stereocenters. The molecule has 1 aromatic carbocycles. The van der Waals surface area contributed by atoms with Crippen molar-refractivity contribution in [3.05, 3.63) is 57.1 Å². The molecule has 0 saturated heterocycles. The van der Waals surface area contributed by atoms with Gasteiger partial charge < -0.3 is 4.42 Å². The molecule has 19 heavy (non-hydrogen) atoms. The Morgan fingerprint density at radius 3 is 2.89 bits per heavy atom. The van der Waals surface area contributed by atoms with Gasteiger partial charge in [-0.2, -0.15) is 0 Å². The number of aromatic nitrogens is 2. The Morgan fingerprint density at radius 2 is 2.11 bits per heavy atom. The summed E-state index contributed by atoms with van der Waals surface area (Å²) in [5.41, 5.74) is 1.88. The van der Waals surface area contributed by atoms with E-state index in [1.54, 1.807) is 18.5 Å². The van der Waals surface area contributed by atoms with Gasteiger partial charge in [-0.05, 0) is 40.5 Å². The Labute approximate surface area is 117 Å². The normalized spacial score (nSPS) is 10.8. The zero-order valence-electron chi connectivity index (χ0n) is 10.1. The molecule has 0 saturated carbocycles. The van der Waals surface area contributed by atoms with Gasteiger partial charge in [0.25, 0.3) is 0 Å². The maximum atomic E-state index is 12.0. The summed E-state index contributed by atoms with van der Waals surface area (Å²) < 4.78 is 6.06. The van der Waals surface area contributed by atoms with Gasteiger partial charge in [0.2, 0.25) is 5.89 Å². The van der Waals surface area contributed by atoms with E-state index in [4.69, 9.17) is 4.42 Å². The fourth-order valence-electron chi connectivity index (χ4n) is 1.89. The van der Waals surface area contributed by atoms with Crippen molar-refractivity contribution in [2.24, 2.45) is 0 Å². The minimum absolute atomic E-state index is 0.278. The number of rotatable bonds is 1. The van der Waals surface area contributed by atoms with Crippen molar-refractivity contribution in [3.63, 3.8) is 0 Å². The smallest absolute Gasteiger partial charge is 0.347 e. The number of hydrogen-bond donors (Lipinski definition) is 0. The summed E-state index contributed by atoms with van der Waals surface area (Å²) >= 11 is 3.33. The second-order valence-electron chi connectivity index (χ2n) is 4.17. The van der Waals surface area contributed by atoms with Gasteiger partial charge in [0.05, 0.1) is 16.5 Å². The molecule has 0 aliphatic heterocycles. The Hall–Kier alpha value is -2.01. The predicted molar refractivity (Wildman–Crippen MR) is 75.9 cm³/mol. The third-order valence-corrected chi connectivity index (χ3v) is 3.25. The van der Waals surface area contributed by atoms with Gasteiger partial charge in [-0.25, -0.2) is 9.78 Å². The first-order valence-corrected chi connectivity index (χ1v) is 6.46. The van der Waals surface area contributed by atoms with E-state index in [0.717, 1.165) is 10.0 Å². The molecule has 0 amide bonds. The van der Waals surface area contributed by atoms with E-state index in [9.17, 15) is 4.79 Å². The van der Waals surface area contributed by atoms with Gasteiger partial charge >= 0.3 is 5.63 Å². The van der Waals surface area contributed by atoms with E-state index in [2.05, 4.69) is 25.9 Å². The van der Waals surface area contributed by atoms with Crippen LogP contribution in [0.15, 0.2) is 50.3 Å². The Kier molecular flexibility index (Phi) is 2.91. The van der Waals surface area contributed by atoms with Crippen molar-refractivity contribution in [2.75, 3.05) is 0 Å². The van der Waals surface area contributed by atoms with E-state index in [1.165, 1.54) is 0 Å². The topological polar surface area (TPSA) is 56.0 Å². The first-order chi connectivity index (χ1) is 9.15. The third kappa shape index (κ3) is 2.17. The summed E-state index contributed by atoms with van der Waals surface area (Å²) in [6.07, 6.45) is 3.27. The first kappa shape index (κ1) is 12.0. The molecule has 0 spiro atoms. The van der Waals surface area contributed by atoms with E-state index in [-0.39, 0.29) is 11.5 Å². The number of hydrogen-bond acceptors (Lipinski definition) is 4. The maximum Gasteiger partial charge on any atom is 0.347 e. The van der Waals surface area contributed by atoms with Gasteiger partial charge in [0.15, 0.2) is 0 Å². The predicted octanol–water partition coefficient (Wildman–Crippen LogP) is 3.32. The zero-order valence-corrected chi connectivity index (χ0v) is 11.6. The molecule has 3 rings (SSSR count). The monoisotopic (exact) mass is 316 g/mol. The van der Waals surface area contributed by atoms with Gasteiger partial charge in [-0.1, -0.05) is 12.1 Å². The van der Waals surface area contributed by atoms with Gasteiger partial charge in [-0.3, -0.25) is 4.98 Å². The molecule has 3 aromatic rings. The molecule has 0 fully saturated rings. The second-order valence-corrected chi connectivity index (χ2v) is 5.09. The number of nitrogens with zero attached hydrogens (tertiary/aromatic N) is 2. The number of pyridine rings is 1. The van der Waals surface area contributed by atoms with Crippen LogP contribution in [0.5, 0.6) is 0 Å². The van der Waals surface area contributed by atoms with Crippen molar-refractivity contribution in [2.45, 2.75) is 6.92 Å². The van der Waals surface area contributed by atoms with Gasteiger partial charge in [-0.15, -0.1) is 0 Å². The molecule has 0 aliphatic carbocycles. The van der Waals surface area contributed by atoms with E-state index >= 15 is 0 Å². The number of fused-ring (bicyclic) bond motifs is 1.